The second kappa shape index (κ2) is 5.34. The molecule has 1 saturated heterocycles. The first-order chi connectivity index (χ1) is 7.74. The van der Waals surface area contributed by atoms with E-state index < -0.39 is 0 Å². The number of alkyl halides is 1. The van der Waals surface area contributed by atoms with Gasteiger partial charge in [0.2, 0.25) is 0 Å². The highest BCUT2D eigenvalue weighted by molar-refractivity contribution is 7.13. The summed E-state index contributed by atoms with van der Waals surface area (Å²) in [5.74, 6) is 1.13. The van der Waals surface area contributed by atoms with E-state index in [4.69, 9.17) is 16.3 Å². The van der Waals surface area contributed by atoms with Crippen molar-refractivity contribution in [2.24, 2.45) is 5.92 Å². The SMILES string of the molecule is COC1CN(c2nc(CCl)cs2)CCC1C. The molecule has 0 amide bonds. The number of piperidine rings is 1. The number of hydrogen-bond donors (Lipinski definition) is 0. The van der Waals surface area contributed by atoms with E-state index in [2.05, 4.69) is 16.8 Å². The van der Waals surface area contributed by atoms with Gasteiger partial charge in [0.1, 0.15) is 0 Å². The van der Waals surface area contributed by atoms with Gasteiger partial charge >= 0.3 is 0 Å². The van der Waals surface area contributed by atoms with E-state index in [9.17, 15) is 0 Å². The number of thiazole rings is 1. The largest absolute Gasteiger partial charge is 0.379 e. The summed E-state index contributed by atoms with van der Waals surface area (Å²) in [7, 11) is 1.79. The maximum absolute atomic E-state index is 5.76. The summed E-state index contributed by atoms with van der Waals surface area (Å²) in [6, 6.07) is 0. The maximum atomic E-state index is 5.76. The van der Waals surface area contributed by atoms with E-state index in [1.54, 1.807) is 18.4 Å². The summed E-state index contributed by atoms with van der Waals surface area (Å²) in [4.78, 5) is 6.80. The lowest BCUT2D eigenvalue weighted by atomic mass is 9.96. The summed E-state index contributed by atoms with van der Waals surface area (Å²) in [5.41, 5.74) is 0.967. The first kappa shape index (κ1) is 12.1. The lowest BCUT2D eigenvalue weighted by Gasteiger charge is -2.36. The Labute approximate surface area is 105 Å². The Balaban J connectivity index is 2.05. The zero-order chi connectivity index (χ0) is 11.5. The van der Waals surface area contributed by atoms with Crippen LogP contribution < -0.4 is 4.90 Å². The van der Waals surface area contributed by atoms with Crippen LogP contribution in [0.15, 0.2) is 5.38 Å². The molecule has 0 aromatic carbocycles. The molecule has 0 aliphatic carbocycles. The molecular formula is C11H17ClN2OS. The van der Waals surface area contributed by atoms with Crippen LogP contribution in [0.1, 0.15) is 19.0 Å². The molecule has 5 heteroatoms. The fraction of sp³-hybridized carbons (Fsp3) is 0.727. The fourth-order valence-electron chi connectivity index (χ4n) is 2.02. The molecule has 1 fully saturated rings. The minimum Gasteiger partial charge on any atom is -0.379 e. The van der Waals surface area contributed by atoms with E-state index in [1.807, 2.05) is 5.38 Å². The highest BCUT2D eigenvalue weighted by Crippen LogP contribution is 2.27. The van der Waals surface area contributed by atoms with E-state index in [0.29, 0.717) is 17.9 Å². The molecule has 90 valence electrons. The smallest absolute Gasteiger partial charge is 0.185 e. The lowest BCUT2D eigenvalue weighted by Crippen LogP contribution is -2.43. The van der Waals surface area contributed by atoms with Crippen molar-refractivity contribution in [1.29, 1.82) is 0 Å². The molecule has 2 rings (SSSR count). The molecule has 2 atom stereocenters. The van der Waals surface area contributed by atoms with Crippen molar-refractivity contribution < 1.29 is 4.74 Å². The van der Waals surface area contributed by atoms with Crippen LogP contribution in [0.2, 0.25) is 0 Å². The van der Waals surface area contributed by atoms with Crippen molar-refractivity contribution in [3.63, 3.8) is 0 Å². The highest BCUT2D eigenvalue weighted by atomic mass is 35.5. The fourth-order valence-corrected chi connectivity index (χ4v) is 3.11. The molecule has 1 aromatic heterocycles. The molecule has 0 spiro atoms. The molecule has 16 heavy (non-hydrogen) atoms. The zero-order valence-electron chi connectivity index (χ0n) is 9.65. The van der Waals surface area contributed by atoms with Gasteiger partial charge in [0.05, 0.1) is 17.7 Å². The number of anilines is 1. The van der Waals surface area contributed by atoms with Gasteiger partial charge < -0.3 is 9.64 Å². The summed E-state index contributed by atoms with van der Waals surface area (Å²) >= 11 is 7.43. The topological polar surface area (TPSA) is 25.4 Å². The van der Waals surface area contributed by atoms with Gasteiger partial charge in [-0.1, -0.05) is 6.92 Å². The van der Waals surface area contributed by atoms with Crippen LogP contribution >= 0.6 is 22.9 Å². The normalized spacial score (nSPS) is 26.1. The van der Waals surface area contributed by atoms with Crippen LogP contribution in [0.25, 0.3) is 0 Å². The predicted molar refractivity (Wildman–Crippen MR) is 68.5 cm³/mol. The standard InChI is InChI=1S/C11H17ClN2OS/c1-8-3-4-14(6-10(8)15-2)11-13-9(5-12)7-16-11/h7-8,10H,3-6H2,1-2H3. The zero-order valence-corrected chi connectivity index (χ0v) is 11.2. The van der Waals surface area contributed by atoms with Gasteiger partial charge in [-0.2, -0.15) is 0 Å². The van der Waals surface area contributed by atoms with Crippen molar-refractivity contribution in [1.82, 2.24) is 4.98 Å². The van der Waals surface area contributed by atoms with Gasteiger partial charge in [0.25, 0.3) is 0 Å². The second-order valence-electron chi connectivity index (χ2n) is 4.24. The van der Waals surface area contributed by atoms with Crippen molar-refractivity contribution >= 4 is 28.1 Å². The Kier molecular flexibility index (Phi) is 4.05. The maximum Gasteiger partial charge on any atom is 0.185 e. The molecule has 3 nitrogen and oxygen atoms in total. The second-order valence-corrected chi connectivity index (χ2v) is 5.34. The lowest BCUT2D eigenvalue weighted by molar-refractivity contribution is 0.0498. The number of aromatic nitrogens is 1. The van der Waals surface area contributed by atoms with Crippen molar-refractivity contribution in [3.8, 4) is 0 Å². The van der Waals surface area contributed by atoms with Crippen LogP contribution in [0.3, 0.4) is 0 Å². The molecule has 0 bridgehead atoms. The van der Waals surface area contributed by atoms with Gasteiger partial charge in [-0.15, -0.1) is 22.9 Å². The van der Waals surface area contributed by atoms with Crippen molar-refractivity contribution in [3.05, 3.63) is 11.1 Å². The molecule has 1 aliphatic heterocycles. The number of hydrogen-bond acceptors (Lipinski definition) is 4. The molecule has 2 unspecified atom stereocenters. The van der Waals surface area contributed by atoms with Crippen LogP contribution in [0.4, 0.5) is 5.13 Å². The molecule has 0 N–H and O–H groups in total. The van der Waals surface area contributed by atoms with Gasteiger partial charge in [0, 0.05) is 25.6 Å². The molecule has 0 saturated carbocycles. The highest BCUT2D eigenvalue weighted by Gasteiger charge is 2.27. The molecular weight excluding hydrogens is 244 g/mol. The van der Waals surface area contributed by atoms with Gasteiger partial charge in [-0.3, -0.25) is 0 Å². The first-order valence-corrected chi connectivity index (χ1v) is 6.94. The van der Waals surface area contributed by atoms with Crippen molar-refractivity contribution in [2.75, 3.05) is 25.1 Å². The summed E-state index contributed by atoms with van der Waals surface area (Å²) in [6.07, 6.45) is 1.48. The number of rotatable bonds is 3. The third-order valence-electron chi connectivity index (χ3n) is 3.14. The first-order valence-electron chi connectivity index (χ1n) is 5.52. The minimum atomic E-state index is 0.317. The van der Waals surface area contributed by atoms with Crippen LogP contribution in [0, 0.1) is 5.92 Å². The quantitative estimate of drug-likeness (QED) is 0.782. The van der Waals surface area contributed by atoms with Gasteiger partial charge in [-0.05, 0) is 12.3 Å². The monoisotopic (exact) mass is 260 g/mol. The Morgan fingerprint density at radius 1 is 1.69 bits per heavy atom. The molecule has 2 heterocycles. The number of methoxy groups -OCH3 is 1. The summed E-state index contributed by atoms with van der Waals surface area (Å²) in [6.45, 7) is 4.25. The number of nitrogens with zero attached hydrogens (tertiary/aromatic N) is 2. The Morgan fingerprint density at radius 2 is 2.50 bits per heavy atom. The average Bonchev–Trinajstić information content (AvgIpc) is 2.78. The Hall–Kier alpha value is -0.320. The van der Waals surface area contributed by atoms with Crippen LogP contribution in [-0.4, -0.2) is 31.3 Å². The Bertz CT molecular complexity index is 344. The van der Waals surface area contributed by atoms with E-state index in [-0.39, 0.29) is 0 Å². The number of ether oxygens (including phenoxy) is 1. The summed E-state index contributed by atoms with van der Waals surface area (Å²) in [5, 5.41) is 3.10. The third-order valence-corrected chi connectivity index (χ3v) is 4.36. The minimum absolute atomic E-state index is 0.317. The van der Waals surface area contributed by atoms with Crippen LogP contribution in [0.5, 0.6) is 0 Å². The van der Waals surface area contributed by atoms with Gasteiger partial charge in [0.15, 0.2) is 5.13 Å². The molecule has 1 aromatic rings. The molecule has 1 aliphatic rings. The molecule has 0 radical (unpaired) electrons. The van der Waals surface area contributed by atoms with Crippen molar-refractivity contribution in [2.45, 2.75) is 25.3 Å². The number of halogens is 1. The van der Waals surface area contributed by atoms with E-state index in [0.717, 1.165) is 30.3 Å². The predicted octanol–water partition coefficient (Wildman–Crippen LogP) is 2.74. The van der Waals surface area contributed by atoms with E-state index in [1.165, 1.54) is 0 Å². The van der Waals surface area contributed by atoms with E-state index >= 15 is 0 Å². The third kappa shape index (κ3) is 2.50. The van der Waals surface area contributed by atoms with Crippen LogP contribution in [-0.2, 0) is 10.6 Å². The van der Waals surface area contributed by atoms with Gasteiger partial charge in [-0.25, -0.2) is 4.98 Å². The average molecular weight is 261 g/mol. The Morgan fingerprint density at radius 3 is 3.12 bits per heavy atom. The summed E-state index contributed by atoms with van der Waals surface area (Å²) < 4.78 is 5.50.